The maximum absolute atomic E-state index is 9.28. The van der Waals surface area contributed by atoms with E-state index < -0.39 is 0 Å². The lowest BCUT2D eigenvalue weighted by atomic mass is 10.1. The number of hydrogen-bond acceptors (Lipinski definition) is 6. The summed E-state index contributed by atoms with van der Waals surface area (Å²) in [6.07, 6.45) is 0. The quantitative estimate of drug-likeness (QED) is 0.643. The van der Waals surface area contributed by atoms with Gasteiger partial charge in [0.05, 0.1) is 11.3 Å². The van der Waals surface area contributed by atoms with Crippen molar-refractivity contribution < 1.29 is 0 Å². The van der Waals surface area contributed by atoms with Gasteiger partial charge in [-0.3, -0.25) is 0 Å². The molecule has 0 aliphatic carbocycles. The first-order chi connectivity index (χ1) is 11.9. The molecule has 2 aromatic rings. The number of nitriles is 2. The highest BCUT2D eigenvalue weighted by Gasteiger charge is 2.15. The molecule has 128 valence electrons. The van der Waals surface area contributed by atoms with Crippen LogP contribution in [0.1, 0.15) is 42.3 Å². The molecule has 6 heteroatoms. The molecular formula is C19H21N5S. The van der Waals surface area contributed by atoms with Crippen LogP contribution in [-0.2, 0) is 0 Å². The lowest BCUT2D eigenvalue weighted by Gasteiger charge is -2.27. The number of rotatable bonds is 5. The Hall–Kier alpha value is -2.70. The Morgan fingerprint density at radius 3 is 2.40 bits per heavy atom. The minimum atomic E-state index is 0.425. The molecule has 2 rings (SSSR count). The molecule has 1 aromatic heterocycles. The molecule has 0 unspecified atom stereocenters. The van der Waals surface area contributed by atoms with E-state index >= 15 is 0 Å². The molecule has 0 amide bonds. The largest absolute Gasteiger partial charge is 0.369 e. The lowest BCUT2D eigenvalue weighted by Crippen LogP contribution is -2.30. The van der Waals surface area contributed by atoms with Gasteiger partial charge in [0.15, 0.2) is 5.00 Å². The fourth-order valence-corrected chi connectivity index (χ4v) is 3.56. The highest BCUT2D eigenvalue weighted by molar-refractivity contribution is 7.16. The van der Waals surface area contributed by atoms with Crippen molar-refractivity contribution in [3.05, 3.63) is 39.8 Å². The first kappa shape index (κ1) is 18.6. The zero-order valence-electron chi connectivity index (χ0n) is 15.2. The Balaban J connectivity index is 2.35. The normalized spacial score (nSPS) is 10.9. The zero-order valence-corrected chi connectivity index (χ0v) is 16.0. The maximum atomic E-state index is 9.28. The summed E-state index contributed by atoms with van der Waals surface area (Å²) in [6.45, 7) is 11.2. The molecule has 0 saturated heterocycles. The van der Waals surface area contributed by atoms with Crippen LogP contribution in [0.5, 0.6) is 0 Å². The molecule has 0 atom stereocenters. The number of nitrogens with zero attached hydrogens (tertiary/aromatic N) is 5. The van der Waals surface area contributed by atoms with E-state index in [1.165, 1.54) is 11.3 Å². The topological polar surface area (TPSA) is 75.5 Å². The minimum Gasteiger partial charge on any atom is -0.369 e. The van der Waals surface area contributed by atoms with Gasteiger partial charge >= 0.3 is 0 Å². The predicted octanol–water partition coefficient (Wildman–Crippen LogP) is 5.76. The molecule has 0 aliphatic heterocycles. The average Bonchev–Trinajstić information content (AvgIpc) is 2.89. The van der Waals surface area contributed by atoms with E-state index in [0.29, 0.717) is 27.0 Å². The van der Waals surface area contributed by atoms with E-state index in [9.17, 15) is 5.26 Å². The van der Waals surface area contributed by atoms with E-state index in [-0.39, 0.29) is 0 Å². The average molecular weight is 351 g/mol. The second-order valence-corrected chi connectivity index (χ2v) is 7.01. The summed E-state index contributed by atoms with van der Waals surface area (Å²) in [5, 5.41) is 27.4. The third-order valence-corrected chi connectivity index (χ3v) is 5.15. The van der Waals surface area contributed by atoms with Crippen molar-refractivity contribution in [3.8, 4) is 12.1 Å². The predicted molar refractivity (Wildman–Crippen MR) is 102 cm³/mol. The summed E-state index contributed by atoms with van der Waals surface area (Å²) in [5.41, 5.74) is 4.04. The van der Waals surface area contributed by atoms with Gasteiger partial charge in [0, 0.05) is 18.3 Å². The summed E-state index contributed by atoms with van der Waals surface area (Å²) in [5.74, 6) is 0. The van der Waals surface area contributed by atoms with Crippen LogP contribution in [0.25, 0.3) is 0 Å². The van der Waals surface area contributed by atoms with Gasteiger partial charge in [-0.2, -0.15) is 10.5 Å². The number of benzene rings is 1. The van der Waals surface area contributed by atoms with Crippen LogP contribution >= 0.6 is 11.3 Å². The molecule has 0 spiro atoms. The highest BCUT2D eigenvalue weighted by Crippen LogP contribution is 2.36. The maximum Gasteiger partial charge on any atom is 0.158 e. The SMILES string of the molecule is CCN(c1ccc(/N=N/c2sc(C#N)c(C)c2C#N)c(C)c1)C(C)C. The van der Waals surface area contributed by atoms with Gasteiger partial charge in [0.2, 0.25) is 0 Å². The first-order valence-corrected chi connectivity index (χ1v) is 8.97. The van der Waals surface area contributed by atoms with Crippen LogP contribution in [-0.4, -0.2) is 12.6 Å². The second-order valence-electron chi connectivity index (χ2n) is 6.01. The molecule has 1 aromatic carbocycles. The van der Waals surface area contributed by atoms with E-state index in [1.807, 2.05) is 19.1 Å². The third-order valence-electron chi connectivity index (χ3n) is 4.07. The van der Waals surface area contributed by atoms with Crippen molar-refractivity contribution in [2.45, 2.75) is 40.7 Å². The Morgan fingerprint density at radius 2 is 1.88 bits per heavy atom. The molecular weight excluding hydrogens is 330 g/mol. The van der Waals surface area contributed by atoms with Gasteiger partial charge in [-0.1, -0.05) is 0 Å². The van der Waals surface area contributed by atoms with E-state index in [1.54, 1.807) is 6.92 Å². The first-order valence-electron chi connectivity index (χ1n) is 8.15. The molecule has 0 bridgehead atoms. The standard InChI is InChI=1S/C19H21N5S/c1-6-24(12(2)3)15-7-8-17(13(4)9-15)22-23-19-16(10-20)14(5)18(11-21)25-19/h7-9,12H,6H2,1-5H3/b23-22+. The van der Waals surface area contributed by atoms with Gasteiger partial charge in [-0.25, -0.2) is 0 Å². The summed E-state index contributed by atoms with van der Waals surface area (Å²) < 4.78 is 0. The fraction of sp³-hybridized carbons (Fsp3) is 0.368. The fourth-order valence-electron chi connectivity index (χ4n) is 2.68. The number of aryl methyl sites for hydroxylation is 1. The number of anilines is 1. The summed E-state index contributed by atoms with van der Waals surface area (Å²) in [7, 11) is 0. The number of thiophene rings is 1. The molecule has 0 saturated carbocycles. The molecule has 0 fully saturated rings. The van der Waals surface area contributed by atoms with E-state index in [0.717, 1.165) is 23.5 Å². The van der Waals surface area contributed by atoms with Gasteiger partial charge in [0.25, 0.3) is 0 Å². The number of azo groups is 1. The Kier molecular flexibility index (Phi) is 5.90. The number of hydrogen-bond donors (Lipinski definition) is 0. The van der Waals surface area contributed by atoms with E-state index in [2.05, 4.69) is 54.1 Å². The van der Waals surface area contributed by atoms with Crippen LogP contribution in [0.2, 0.25) is 0 Å². The summed E-state index contributed by atoms with van der Waals surface area (Å²) in [4.78, 5) is 2.82. The zero-order chi connectivity index (χ0) is 18.6. The highest BCUT2D eigenvalue weighted by atomic mass is 32.1. The van der Waals surface area contributed by atoms with Crippen LogP contribution in [0.15, 0.2) is 28.4 Å². The van der Waals surface area contributed by atoms with Crippen molar-refractivity contribution in [3.63, 3.8) is 0 Å². The molecule has 0 N–H and O–H groups in total. The van der Waals surface area contributed by atoms with Crippen molar-refractivity contribution in [1.29, 1.82) is 10.5 Å². The van der Waals surface area contributed by atoms with Crippen LogP contribution < -0.4 is 4.90 Å². The monoisotopic (exact) mass is 351 g/mol. The van der Waals surface area contributed by atoms with Crippen molar-refractivity contribution in [1.82, 2.24) is 0 Å². The lowest BCUT2D eigenvalue weighted by molar-refractivity contribution is 0.703. The molecule has 1 heterocycles. The van der Waals surface area contributed by atoms with Crippen molar-refractivity contribution in [2.75, 3.05) is 11.4 Å². The van der Waals surface area contributed by atoms with Crippen LogP contribution in [0, 0.1) is 36.5 Å². The van der Waals surface area contributed by atoms with Gasteiger partial charge in [0.1, 0.15) is 17.0 Å². The van der Waals surface area contributed by atoms with E-state index in [4.69, 9.17) is 5.26 Å². The smallest absolute Gasteiger partial charge is 0.158 e. The minimum absolute atomic E-state index is 0.425. The van der Waals surface area contributed by atoms with Crippen molar-refractivity contribution >= 4 is 27.7 Å². The Labute approximate surface area is 152 Å². The second kappa shape index (κ2) is 7.92. The molecule has 5 nitrogen and oxygen atoms in total. The molecule has 0 aliphatic rings. The van der Waals surface area contributed by atoms with Crippen LogP contribution in [0.4, 0.5) is 16.4 Å². The Morgan fingerprint density at radius 1 is 1.16 bits per heavy atom. The Bertz CT molecular complexity index is 880. The van der Waals surface area contributed by atoms with Crippen molar-refractivity contribution in [2.24, 2.45) is 10.2 Å². The van der Waals surface area contributed by atoms with Crippen LogP contribution in [0.3, 0.4) is 0 Å². The molecule has 0 radical (unpaired) electrons. The van der Waals surface area contributed by atoms with Gasteiger partial charge in [-0.05, 0) is 63.9 Å². The van der Waals surface area contributed by atoms with Gasteiger partial charge < -0.3 is 4.90 Å². The summed E-state index contributed by atoms with van der Waals surface area (Å²) >= 11 is 1.20. The molecule has 25 heavy (non-hydrogen) atoms. The third kappa shape index (κ3) is 3.87. The van der Waals surface area contributed by atoms with Gasteiger partial charge in [-0.15, -0.1) is 21.6 Å². The summed E-state index contributed by atoms with van der Waals surface area (Å²) in [6, 6.07) is 10.7.